The van der Waals surface area contributed by atoms with E-state index in [9.17, 15) is 14.4 Å². The van der Waals surface area contributed by atoms with Crippen molar-refractivity contribution in [3.63, 3.8) is 0 Å². The van der Waals surface area contributed by atoms with Crippen LogP contribution in [0.2, 0.25) is 0 Å². The monoisotopic (exact) mass is 288 g/mol. The second kappa shape index (κ2) is 7.84. The highest BCUT2D eigenvalue weighted by Crippen LogP contribution is 2.20. The average molecular weight is 288 g/mol. The summed E-state index contributed by atoms with van der Waals surface area (Å²) < 4.78 is 0. The third-order valence-electron chi connectivity index (χ3n) is 2.60. The summed E-state index contributed by atoms with van der Waals surface area (Å²) in [6, 6.07) is -1.55. The lowest BCUT2D eigenvalue weighted by atomic mass is 9.87. The molecule has 2 atom stereocenters. The molecule has 7 nitrogen and oxygen atoms in total. The molecule has 0 aliphatic heterocycles. The molecule has 1 amide bonds. The fourth-order valence-corrected chi connectivity index (χ4v) is 1.88. The molecule has 0 bridgehead atoms. The summed E-state index contributed by atoms with van der Waals surface area (Å²) in [5.41, 5.74) is 5.81. The number of carbonyl (C=O) groups is 3. The summed E-state index contributed by atoms with van der Waals surface area (Å²) in [7, 11) is 0. The number of hydrogen-bond acceptors (Lipinski definition) is 4. The zero-order valence-electron chi connectivity index (χ0n) is 12.2. The molecule has 1 unspecified atom stereocenters. The number of hydrogen-bond donors (Lipinski definition) is 4. The Bertz CT molecular complexity index is 362. The van der Waals surface area contributed by atoms with Crippen molar-refractivity contribution >= 4 is 17.8 Å². The first-order valence-corrected chi connectivity index (χ1v) is 6.51. The lowest BCUT2D eigenvalue weighted by molar-refractivity contribution is -0.143. The van der Waals surface area contributed by atoms with Crippen LogP contribution in [0, 0.1) is 5.41 Å². The number of carboxylic acid groups (broad SMARTS) is 2. The van der Waals surface area contributed by atoms with E-state index >= 15 is 0 Å². The van der Waals surface area contributed by atoms with Crippen LogP contribution in [0.3, 0.4) is 0 Å². The highest BCUT2D eigenvalue weighted by atomic mass is 16.4. The molecular formula is C13H24N2O5. The standard InChI is InChI=1S/C13H24N2O5/c1-13(2,3)7-8(14)6-10(16)15-9(12(19)20)4-5-11(17)18/h8-9H,4-7,14H2,1-3H3,(H,15,16)(H,17,18)(H,19,20)/t8?,9-/m0/s1. The van der Waals surface area contributed by atoms with Crippen LogP contribution in [0.5, 0.6) is 0 Å². The lowest BCUT2D eigenvalue weighted by Gasteiger charge is -2.23. The average Bonchev–Trinajstić information content (AvgIpc) is 2.20. The Hall–Kier alpha value is -1.63. The lowest BCUT2D eigenvalue weighted by Crippen LogP contribution is -2.43. The van der Waals surface area contributed by atoms with E-state index in [0.29, 0.717) is 6.42 Å². The van der Waals surface area contributed by atoms with Gasteiger partial charge in [0.15, 0.2) is 0 Å². The molecule has 116 valence electrons. The number of carbonyl (C=O) groups excluding carboxylic acids is 1. The minimum Gasteiger partial charge on any atom is -0.481 e. The predicted octanol–water partition coefficient (Wildman–Crippen LogP) is 0.574. The summed E-state index contributed by atoms with van der Waals surface area (Å²) in [4.78, 5) is 33.0. The molecule has 5 N–H and O–H groups in total. The van der Waals surface area contributed by atoms with Gasteiger partial charge in [-0.2, -0.15) is 0 Å². The van der Waals surface area contributed by atoms with Crippen LogP contribution in [-0.2, 0) is 14.4 Å². The van der Waals surface area contributed by atoms with E-state index in [1.165, 1.54) is 0 Å². The molecule has 0 aromatic heterocycles. The fourth-order valence-electron chi connectivity index (χ4n) is 1.88. The highest BCUT2D eigenvalue weighted by Gasteiger charge is 2.23. The van der Waals surface area contributed by atoms with Crippen molar-refractivity contribution in [2.24, 2.45) is 11.1 Å². The van der Waals surface area contributed by atoms with Crippen LogP contribution >= 0.6 is 0 Å². The number of nitrogens with one attached hydrogen (secondary N) is 1. The number of rotatable bonds is 8. The normalized spacial score (nSPS) is 14.4. The molecule has 0 spiro atoms. The minimum atomic E-state index is -1.25. The van der Waals surface area contributed by atoms with Crippen molar-refractivity contribution in [1.82, 2.24) is 5.32 Å². The van der Waals surface area contributed by atoms with Crippen molar-refractivity contribution in [2.75, 3.05) is 0 Å². The van der Waals surface area contributed by atoms with E-state index < -0.39 is 23.9 Å². The molecule has 0 saturated heterocycles. The summed E-state index contributed by atoms with van der Waals surface area (Å²) in [6.07, 6.45) is 0.192. The Morgan fingerprint density at radius 2 is 1.75 bits per heavy atom. The molecule has 0 aliphatic rings. The first-order valence-electron chi connectivity index (χ1n) is 6.51. The van der Waals surface area contributed by atoms with E-state index in [4.69, 9.17) is 15.9 Å². The zero-order chi connectivity index (χ0) is 15.9. The van der Waals surface area contributed by atoms with Gasteiger partial charge in [0.2, 0.25) is 5.91 Å². The molecular weight excluding hydrogens is 264 g/mol. The minimum absolute atomic E-state index is 0.0186. The molecule has 0 aromatic carbocycles. The van der Waals surface area contributed by atoms with Crippen LogP contribution in [0.25, 0.3) is 0 Å². The van der Waals surface area contributed by atoms with Gasteiger partial charge in [-0.3, -0.25) is 9.59 Å². The van der Waals surface area contributed by atoms with E-state index in [2.05, 4.69) is 5.32 Å². The molecule has 7 heteroatoms. The summed E-state index contributed by atoms with van der Waals surface area (Å²) in [5, 5.41) is 19.7. The zero-order valence-corrected chi connectivity index (χ0v) is 12.2. The predicted molar refractivity (Wildman–Crippen MR) is 73.1 cm³/mol. The van der Waals surface area contributed by atoms with Crippen molar-refractivity contribution in [2.45, 2.75) is 58.5 Å². The third kappa shape index (κ3) is 9.32. The Labute approximate surface area is 118 Å². The topological polar surface area (TPSA) is 130 Å². The fraction of sp³-hybridized carbons (Fsp3) is 0.769. The van der Waals surface area contributed by atoms with E-state index in [1.807, 2.05) is 20.8 Å². The molecule has 0 saturated carbocycles. The molecule has 0 aromatic rings. The van der Waals surface area contributed by atoms with Crippen molar-refractivity contribution < 1.29 is 24.6 Å². The van der Waals surface area contributed by atoms with Crippen LogP contribution in [0.4, 0.5) is 0 Å². The van der Waals surface area contributed by atoms with Crippen LogP contribution < -0.4 is 11.1 Å². The van der Waals surface area contributed by atoms with Crippen LogP contribution in [0.15, 0.2) is 0 Å². The van der Waals surface area contributed by atoms with Crippen molar-refractivity contribution in [1.29, 1.82) is 0 Å². The van der Waals surface area contributed by atoms with E-state index in [0.717, 1.165) is 0 Å². The second-order valence-corrected chi connectivity index (χ2v) is 6.12. The van der Waals surface area contributed by atoms with Gasteiger partial charge in [-0.25, -0.2) is 4.79 Å². The summed E-state index contributed by atoms with van der Waals surface area (Å²) in [6.45, 7) is 5.99. The maximum Gasteiger partial charge on any atom is 0.326 e. The molecule has 0 aliphatic carbocycles. The van der Waals surface area contributed by atoms with Crippen molar-refractivity contribution in [3.8, 4) is 0 Å². The number of aliphatic carboxylic acids is 2. The molecule has 20 heavy (non-hydrogen) atoms. The van der Waals surface area contributed by atoms with Gasteiger partial charge in [-0.05, 0) is 18.3 Å². The van der Waals surface area contributed by atoms with Crippen molar-refractivity contribution in [3.05, 3.63) is 0 Å². The van der Waals surface area contributed by atoms with Gasteiger partial charge in [0.05, 0.1) is 0 Å². The van der Waals surface area contributed by atoms with Gasteiger partial charge in [0, 0.05) is 18.9 Å². The number of nitrogens with two attached hydrogens (primary N) is 1. The quantitative estimate of drug-likeness (QED) is 0.516. The van der Waals surface area contributed by atoms with Gasteiger partial charge >= 0.3 is 11.9 Å². The summed E-state index contributed by atoms with van der Waals surface area (Å²) in [5.74, 6) is -2.82. The first-order chi connectivity index (χ1) is 9.01. The Kier molecular flexibility index (Phi) is 7.20. The van der Waals surface area contributed by atoms with Gasteiger partial charge in [-0.15, -0.1) is 0 Å². The molecule has 0 fully saturated rings. The molecule has 0 rings (SSSR count). The number of carboxylic acids is 2. The molecule has 0 radical (unpaired) electrons. The Morgan fingerprint density at radius 1 is 1.20 bits per heavy atom. The number of amides is 1. The van der Waals surface area contributed by atoms with E-state index in [1.54, 1.807) is 0 Å². The Morgan fingerprint density at radius 3 is 2.15 bits per heavy atom. The Balaban J connectivity index is 4.32. The maximum atomic E-state index is 11.7. The first kappa shape index (κ1) is 18.4. The maximum absolute atomic E-state index is 11.7. The largest absolute Gasteiger partial charge is 0.481 e. The highest BCUT2D eigenvalue weighted by molar-refractivity contribution is 5.84. The second-order valence-electron chi connectivity index (χ2n) is 6.12. The van der Waals surface area contributed by atoms with E-state index in [-0.39, 0.29) is 30.7 Å². The van der Waals surface area contributed by atoms with Gasteiger partial charge in [0.25, 0.3) is 0 Å². The summed E-state index contributed by atoms with van der Waals surface area (Å²) >= 11 is 0. The van der Waals surface area contributed by atoms with Gasteiger partial charge in [-0.1, -0.05) is 20.8 Å². The van der Waals surface area contributed by atoms with Crippen LogP contribution in [0.1, 0.15) is 46.5 Å². The molecule has 0 heterocycles. The van der Waals surface area contributed by atoms with Crippen LogP contribution in [-0.4, -0.2) is 40.1 Å². The SMILES string of the molecule is CC(C)(C)CC(N)CC(=O)N[C@@H](CCC(=O)O)C(=O)O. The smallest absolute Gasteiger partial charge is 0.326 e. The third-order valence-corrected chi connectivity index (χ3v) is 2.60. The van der Waals surface area contributed by atoms with Gasteiger partial charge < -0.3 is 21.3 Å². The van der Waals surface area contributed by atoms with Gasteiger partial charge in [0.1, 0.15) is 6.04 Å².